The minimum atomic E-state index is -4.61. The first-order valence-electron chi connectivity index (χ1n) is 3.30. The summed E-state index contributed by atoms with van der Waals surface area (Å²) in [7, 11) is 0. The van der Waals surface area contributed by atoms with E-state index >= 15 is 0 Å². The van der Waals surface area contributed by atoms with Gasteiger partial charge in [0.2, 0.25) is 0 Å². The normalized spacial score (nSPS) is 16.5. The highest BCUT2D eigenvalue weighted by atomic mass is 35.5. The Morgan fingerprint density at radius 3 is 1.92 bits per heavy atom. The van der Waals surface area contributed by atoms with E-state index in [1.165, 1.54) is 0 Å². The molecule has 0 aromatic carbocycles. The maximum atomic E-state index is 11.6. The van der Waals surface area contributed by atoms with E-state index in [1.54, 1.807) is 6.92 Å². The Hall–Kier alpha value is -0.0000000000000000555. The summed E-state index contributed by atoms with van der Waals surface area (Å²) in [6, 6.07) is 0. The zero-order valence-corrected chi connectivity index (χ0v) is 7.32. The maximum absolute atomic E-state index is 11.6. The van der Waals surface area contributed by atoms with Gasteiger partial charge in [0.1, 0.15) is 0 Å². The summed E-state index contributed by atoms with van der Waals surface area (Å²) in [6.07, 6.45) is -8.52. The lowest BCUT2D eigenvalue weighted by Crippen LogP contribution is -2.32. The lowest BCUT2D eigenvalue weighted by molar-refractivity contribution is -0.210. The summed E-state index contributed by atoms with van der Waals surface area (Å²) in [4.78, 5) is 0. The van der Waals surface area contributed by atoms with Gasteiger partial charge in [-0.1, -0.05) is 6.92 Å². The van der Waals surface area contributed by atoms with Crippen LogP contribution >= 0.6 is 12.4 Å². The van der Waals surface area contributed by atoms with Gasteiger partial charge in [0.25, 0.3) is 0 Å². The zero-order valence-electron chi connectivity index (χ0n) is 6.51. The molecule has 0 saturated heterocycles. The van der Waals surface area contributed by atoms with Crippen LogP contribution in [-0.4, -0.2) is 28.6 Å². The van der Waals surface area contributed by atoms with Crippen LogP contribution in [0.15, 0.2) is 0 Å². The van der Waals surface area contributed by atoms with Gasteiger partial charge in [-0.05, 0) is 6.42 Å². The molecule has 2 atom stereocenters. The second kappa shape index (κ2) is 5.61. The van der Waals surface area contributed by atoms with Gasteiger partial charge in [-0.25, -0.2) is 0 Å². The van der Waals surface area contributed by atoms with E-state index in [0.717, 1.165) is 0 Å². The van der Waals surface area contributed by atoms with Crippen LogP contribution in [0, 0.1) is 0 Å². The average molecular weight is 209 g/mol. The molecular formula is C6H12ClF3O2. The molecule has 76 valence electrons. The van der Waals surface area contributed by atoms with Crippen LogP contribution in [-0.2, 0) is 0 Å². The summed E-state index contributed by atoms with van der Waals surface area (Å²) in [5.74, 6) is 0. The quantitative estimate of drug-likeness (QED) is 0.738. The Morgan fingerprint density at radius 2 is 1.67 bits per heavy atom. The van der Waals surface area contributed by atoms with Crippen molar-refractivity contribution in [2.24, 2.45) is 0 Å². The first-order chi connectivity index (χ1) is 4.88. The monoisotopic (exact) mass is 208 g/mol. The lowest BCUT2D eigenvalue weighted by Gasteiger charge is -2.16. The Labute approximate surface area is 74.8 Å². The molecule has 0 aromatic heterocycles. The number of aliphatic hydroxyl groups excluding tert-OH is 2. The van der Waals surface area contributed by atoms with Gasteiger partial charge in [-0.3, -0.25) is 0 Å². The van der Waals surface area contributed by atoms with Crippen LogP contribution in [0.2, 0.25) is 0 Å². The van der Waals surface area contributed by atoms with Crippen LogP contribution in [0.1, 0.15) is 19.8 Å². The molecule has 2 nitrogen and oxygen atoms in total. The summed E-state index contributed by atoms with van der Waals surface area (Å²) in [5.41, 5.74) is 0. The Kier molecular flexibility index (Phi) is 6.79. The third-order valence-electron chi connectivity index (χ3n) is 1.34. The van der Waals surface area contributed by atoms with E-state index in [1.807, 2.05) is 0 Å². The molecule has 0 aliphatic carbocycles. The topological polar surface area (TPSA) is 40.5 Å². The lowest BCUT2D eigenvalue weighted by atomic mass is 10.1. The van der Waals surface area contributed by atoms with E-state index < -0.39 is 24.8 Å². The zero-order chi connectivity index (χ0) is 9.07. The van der Waals surface area contributed by atoms with Crippen LogP contribution in [0.3, 0.4) is 0 Å². The highest BCUT2D eigenvalue weighted by molar-refractivity contribution is 5.85. The van der Waals surface area contributed by atoms with Crippen molar-refractivity contribution in [3.63, 3.8) is 0 Å². The van der Waals surface area contributed by atoms with E-state index in [4.69, 9.17) is 10.2 Å². The van der Waals surface area contributed by atoms with Gasteiger partial charge >= 0.3 is 6.18 Å². The maximum Gasteiger partial charge on any atom is 0.414 e. The Balaban J connectivity index is 0. The predicted molar refractivity (Wildman–Crippen MR) is 40.2 cm³/mol. The van der Waals surface area contributed by atoms with E-state index in [9.17, 15) is 13.2 Å². The second-order valence-electron chi connectivity index (χ2n) is 2.36. The highest BCUT2D eigenvalue weighted by Gasteiger charge is 2.38. The first kappa shape index (κ1) is 14.5. The summed E-state index contributed by atoms with van der Waals surface area (Å²) in [6.45, 7) is 1.55. The molecule has 0 aliphatic heterocycles. The fraction of sp³-hybridized carbons (Fsp3) is 1.00. The molecule has 6 heteroatoms. The standard InChI is InChI=1S/C6H11F3O2.ClH/c1-2-4(10)3-5(11)6(7,8)9;/h4-5,10-11H,2-3H2,1H3;1H. The third kappa shape index (κ3) is 5.62. The Morgan fingerprint density at radius 1 is 1.25 bits per heavy atom. The molecule has 2 N–H and O–H groups in total. The molecule has 2 unspecified atom stereocenters. The largest absolute Gasteiger partial charge is 0.414 e. The predicted octanol–water partition coefficient (Wildman–Crippen LogP) is 1.49. The number of hydrogen-bond acceptors (Lipinski definition) is 2. The minimum absolute atomic E-state index is 0. The van der Waals surface area contributed by atoms with Crippen LogP contribution in [0.25, 0.3) is 0 Å². The number of aliphatic hydroxyl groups is 2. The molecule has 0 fully saturated rings. The molecule has 0 radical (unpaired) electrons. The molecule has 0 spiro atoms. The molecule has 0 rings (SSSR count). The van der Waals surface area contributed by atoms with Crippen molar-refractivity contribution in [3.8, 4) is 0 Å². The van der Waals surface area contributed by atoms with Gasteiger partial charge in [0.15, 0.2) is 6.10 Å². The molecule has 0 heterocycles. The van der Waals surface area contributed by atoms with Gasteiger partial charge in [-0.2, -0.15) is 13.2 Å². The van der Waals surface area contributed by atoms with E-state index in [0.29, 0.717) is 0 Å². The van der Waals surface area contributed by atoms with Crippen molar-refractivity contribution in [1.29, 1.82) is 0 Å². The van der Waals surface area contributed by atoms with Crippen molar-refractivity contribution in [3.05, 3.63) is 0 Å². The molecule has 0 amide bonds. The summed E-state index contributed by atoms with van der Waals surface area (Å²) in [5, 5.41) is 17.1. The van der Waals surface area contributed by atoms with Crippen molar-refractivity contribution in [2.45, 2.75) is 38.1 Å². The van der Waals surface area contributed by atoms with Crippen molar-refractivity contribution < 1.29 is 23.4 Å². The second-order valence-corrected chi connectivity index (χ2v) is 2.36. The van der Waals surface area contributed by atoms with Crippen molar-refractivity contribution in [2.75, 3.05) is 0 Å². The van der Waals surface area contributed by atoms with Crippen LogP contribution < -0.4 is 0 Å². The Bertz CT molecular complexity index is 118. The summed E-state index contributed by atoms with van der Waals surface area (Å²) >= 11 is 0. The van der Waals surface area contributed by atoms with Crippen molar-refractivity contribution in [1.82, 2.24) is 0 Å². The third-order valence-corrected chi connectivity index (χ3v) is 1.34. The number of alkyl halides is 3. The number of hydrogen-bond donors (Lipinski definition) is 2. The SMILES string of the molecule is CCC(O)CC(O)C(F)(F)F.Cl. The van der Waals surface area contributed by atoms with Gasteiger partial charge in [-0.15, -0.1) is 12.4 Å². The molecule has 0 bridgehead atoms. The van der Waals surface area contributed by atoms with Crippen LogP contribution in [0.4, 0.5) is 13.2 Å². The van der Waals surface area contributed by atoms with E-state index in [-0.39, 0.29) is 18.8 Å². The summed E-state index contributed by atoms with van der Waals surface area (Å²) < 4.78 is 34.8. The average Bonchev–Trinajstić information content (AvgIpc) is 1.85. The fourth-order valence-corrected chi connectivity index (χ4v) is 0.558. The fourth-order valence-electron chi connectivity index (χ4n) is 0.558. The molecule has 0 aliphatic rings. The minimum Gasteiger partial charge on any atom is -0.393 e. The first-order valence-corrected chi connectivity index (χ1v) is 3.30. The van der Waals surface area contributed by atoms with Crippen LogP contribution in [0.5, 0.6) is 0 Å². The molecular weight excluding hydrogens is 197 g/mol. The smallest absolute Gasteiger partial charge is 0.393 e. The van der Waals surface area contributed by atoms with Crippen molar-refractivity contribution >= 4 is 12.4 Å². The van der Waals surface area contributed by atoms with E-state index in [2.05, 4.69) is 0 Å². The molecule has 12 heavy (non-hydrogen) atoms. The molecule has 0 saturated carbocycles. The van der Waals surface area contributed by atoms with Gasteiger partial charge in [0.05, 0.1) is 6.10 Å². The van der Waals surface area contributed by atoms with Gasteiger partial charge in [0, 0.05) is 6.42 Å². The number of rotatable bonds is 3. The number of halogens is 4. The molecule has 0 aromatic rings. The highest BCUT2D eigenvalue weighted by Crippen LogP contribution is 2.23. The van der Waals surface area contributed by atoms with Gasteiger partial charge < -0.3 is 10.2 Å².